The van der Waals surface area contributed by atoms with Gasteiger partial charge in [-0.05, 0) is 42.3 Å². The van der Waals surface area contributed by atoms with Crippen LogP contribution in [0.1, 0.15) is 46.8 Å². The minimum atomic E-state index is -4.78. The highest BCUT2D eigenvalue weighted by atomic mass is 19.4. The second-order valence-electron chi connectivity index (χ2n) is 8.26. The van der Waals surface area contributed by atoms with Gasteiger partial charge in [-0.3, -0.25) is 15.0 Å². The lowest BCUT2D eigenvalue weighted by Crippen LogP contribution is -2.24. The number of hydrogen-bond donors (Lipinski definition) is 5. The van der Waals surface area contributed by atoms with Crippen molar-refractivity contribution in [3.63, 3.8) is 0 Å². The number of carbonyl (C=O) groups excluding carboxylic acids is 2. The summed E-state index contributed by atoms with van der Waals surface area (Å²) in [7, 11) is 0. The summed E-state index contributed by atoms with van der Waals surface area (Å²) in [6, 6.07) is 11.6. The molecule has 0 aliphatic rings. The second-order valence-corrected chi connectivity index (χ2v) is 8.26. The number of nitrogens with zero attached hydrogens (tertiary/aromatic N) is 1. The maximum Gasteiger partial charge on any atom is 0.417 e. The van der Waals surface area contributed by atoms with Crippen LogP contribution in [0, 0.1) is 16.7 Å². The molecule has 9 nitrogen and oxygen atoms in total. The van der Waals surface area contributed by atoms with E-state index >= 15 is 0 Å². The molecule has 0 spiro atoms. The third-order valence-corrected chi connectivity index (χ3v) is 5.53. The largest absolute Gasteiger partial charge is 0.507 e. The smallest absolute Gasteiger partial charge is 0.417 e. The van der Waals surface area contributed by atoms with E-state index in [1.54, 1.807) is 13.0 Å². The van der Waals surface area contributed by atoms with Gasteiger partial charge in [-0.15, -0.1) is 0 Å². The summed E-state index contributed by atoms with van der Waals surface area (Å²) in [6.45, 7) is 1.73. The van der Waals surface area contributed by atoms with E-state index in [0.717, 1.165) is 36.4 Å². The summed E-state index contributed by atoms with van der Waals surface area (Å²) in [5.41, 5.74) is -3.84. The van der Waals surface area contributed by atoms with E-state index in [2.05, 4.69) is 10.6 Å². The van der Waals surface area contributed by atoms with Crippen LogP contribution in [-0.2, 0) is 15.8 Å². The lowest BCUT2D eigenvalue weighted by atomic mass is 9.94. The molecule has 12 heteroatoms. The van der Waals surface area contributed by atoms with Crippen molar-refractivity contribution in [3.05, 3.63) is 76.9 Å². The number of alkyl halides is 3. The fraction of sp³-hybridized carbons (Fsp3) is 0.148. The molecule has 0 saturated carbocycles. The highest BCUT2D eigenvalue weighted by Crippen LogP contribution is 2.41. The van der Waals surface area contributed by atoms with Crippen LogP contribution in [0.2, 0.25) is 0 Å². The number of phenolic OH excluding ortho intramolecular Hbond substituents is 1. The van der Waals surface area contributed by atoms with E-state index in [0.29, 0.717) is 6.42 Å². The quantitative estimate of drug-likeness (QED) is 0.241. The number of hydrogen-bond acceptors (Lipinski definition) is 6. The Kier molecular flexibility index (Phi) is 8.35. The molecule has 0 radical (unpaired) electrons. The van der Waals surface area contributed by atoms with Gasteiger partial charge >= 0.3 is 12.1 Å². The minimum Gasteiger partial charge on any atom is -0.507 e. The predicted molar refractivity (Wildman–Crippen MR) is 136 cm³/mol. The van der Waals surface area contributed by atoms with E-state index < -0.39 is 52.1 Å². The topological polar surface area (TPSA) is 163 Å². The Bertz CT molecular complexity index is 1530. The van der Waals surface area contributed by atoms with Gasteiger partial charge in [0, 0.05) is 23.6 Å². The fourth-order valence-corrected chi connectivity index (χ4v) is 3.73. The van der Waals surface area contributed by atoms with Crippen LogP contribution in [0.3, 0.4) is 0 Å². The number of rotatable bonds is 8. The maximum absolute atomic E-state index is 13.8. The van der Waals surface area contributed by atoms with Gasteiger partial charge in [0.1, 0.15) is 11.5 Å². The number of amides is 2. The normalized spacial score (nSPS) is 10.8. The molecule has 0 aliphatic carbocycles. The fourth-order valence-electron chi connectivity index (χ4n) is 3.73. The van der Waals surface area contributed by atoms with Crippen molar-refractivity contribution in [1.82, 2.24) is 0 Å². The highest BCUT2D eigenvalue weighted by molar-refractivity contribution is 6.48. The van der Waals surface area contributed by atoms with Gasteiger partial charge < -0.3 is 20.8 Å². The second kappa shape index (κ2) is 11.5. The van der Waals surface area contributed by atoms with Crippen molar-refractivity contribution in [1.29, 1.82) is 10.7 Å². The van der Waals surface area contributed by atoms with Gasteiger partial charge in [-0.25, -0.2) is 4.79 Å². The number of benzene rings is 3. The molecule has 5 N–H and O–H groups in total. The maximum atomic E-state index is 13.8. The van der Waals surface area contributed by atoms with Crippen molar-refractivity contribution in [3.8, 4) is 22.9 Å². The van der Waals surface area contributed by atoms with E-state index in [9.17, 15) is 37.8 Å². The van der Waals surface area contributed by atoms with Crippen LogP contribution in [-0.4, -0.2) is 33.7 Å². The molecule has 3 rings (SSSR count). The van der Waals surface area contributed by atoms with E-state index in [1.807, 2.05) is 0 Å². The van der Waals surface area contributed by atoms with E-state index in [4.69, 9.17) is 10.7 Å². The van der Waals surface area contributed by atoms with Gasteiger partial charge in [0.2, 0.25) is 5.91 Å². The first kappa shape index (κ1) is 28.4. The monoisotopic (exact) mass is 538 g/mol. The van der Waals surface area contributed by atoms with Gasteiger partial charge in [0.15, 0.2) is 0 Å². The molecule has 0 fully saturated rings. The third-order valence-electron chi connectivity index (χ3n) is 5.53. The van der Waals surface area contributed by atoms with Crippen molar-refractivity contribution in [2.24, 2.45) is 0 Å². The van der Waals surface area contributed by atoms with E-state index in [1.165, 1.54) is 18.2 Å². The summed E-state index contributed by atoms with van der Waals surface area (Å²) in [5, 5.41) is 42.0. The molecule has 0 bridgehead atoms. The molecule has 2 amide bonds. The molecule has 0 saturated heterocycles. The zero-order chi connectivity index (χ0) is 28.9. The Morgan fingerprint density at radius 1 is 0.974 bits per heavy atom. The molecule has 3 aromatic carbocycles. The number of phenols is 1. The van der Waals surface area contributed by atoms with Crippen molar-refractivity contribution < 1.29 is 37.8 Å². The molecular formula is C27H21F3N4O5. The summed E-state index contributed by atoms with van der Waals surface area (Å²) in [5.74, 6) is -3.86. The molecule has 3 aromatic rings. The van der Waals surface area contributed by atoms with Gasteiger partial charge in [0.25, 0.3) is 5.91 Å². The Balaban J connectivity index is 2.11. The van der Waals surface area contributed by atoms with Crippen molar-refractivity contribution in [2.45, 2.75) is 25.9 Å². The summed E-state index contributed by atoms with van der Waals surface area (Å²) >= 11 is 0. The van der Waals surface area contributed by atoms with E-state index in [-0.39, 0.29) is 34.5 Å². The average molecular weight is 538 g/mol. The number of aromatic hydroxyl groups is 1. The Morgan fingerprint density at radius 2 is 1.67 bits per heavy atom. The number of halogens is 3. The first-order valence-corrected chi connectivity index (χ1v) is 11.4. The van der Waals surface area contributed by atoms with Crippen LogP contribution >= 0.6 is 0 Å². The van der Waals surface area contributed by atoms with Crippen LogP contribution in [0.15, 0.2) is 54.6 Å². The number of carboxylic acids is 1. The van der Waals surface area contributed by atoms with Crippen LogP contribution in [0.25, 0.3) is 11.1 Å². The predicted octanol–water partition coefficient (Wildman–Crippen LogP) is 5.39. The number of carbonyl (C=O) groups is 3. The lowest BCUT2D eigenvalue weighted by molar-refractivity contribution is -0.137. The Morgan fingerprint density at radius 3 is 2.28 bits per heavy atom. The first-order chi connectivity index (χ1) is 18.4. The van der Waals surface area contributed by atoms with Crippen LogP contribution in [0.4, 0.5) is 24.5 Å². The molecule has 0 atom stereocenters. The van der Waals surface area contributed by atoms with Crippen LogP contribution < -0.4 is 10.6 Å². The van der Waals surface area contributed by atoms with Crippen molar-refractivity contribution in [2.75, 3.05) is 10.6 Å². The molecule has 0 heterocycles. The Hall–Kier alpha value is -5.18. The Labute approximate surface area is 220 Å². The number of carboxylic acid groups (broad SMARTS) is 1. The first-order valence-electron chi connectivity index (χ1n) is 11.4. The molecule has 200 valence electrons. The number of anilines is 2. The highest BCUT2D eigenvalue weighted by Gasteiger charge is 2.34. The number of aromatic carboxylic acids is 1. The van der Waals surface area contributed by atoms with Crippen LogP contribution in [0.5, 0.6) is 5.75 Å². The molecule has 0 unspecified atom stereocenters. The third kappa shape index (κ3) is 6.40. The zero-order valence-corrected chi connectivity index (χ0v) is 20.3. The molecule has 0 aromatic heterocycles. The number of nitriles is 1. The minimum absolute atomic E-state index is 0.00630. The summed E-state index contributed by atoms with van der Waals surface area (Å²) in [6.07, 6.45) is -4.28. The summed E-state index contributed by atoms with van der Waals surface area (Å²) in [4.78, 5) is 36.7. The van der Waals surface area contributed by atoms with Gasteiger partial charge in [-0.2, -0.15) is 18.4 Å². The SMILES string of the molecule is CCCC(=O)Nc1cc(O)c(C(=N)C(=O)Nc2ccc(C#N)cc2C(=O)O)cc1-c1ccccc1C(F)(F)F. The standard InChI is InChI=1S/C27H21F3N4O5/c1-2-5-23(36)33-21-12-22(35)18(11-16(21)15-6-3-4-7-19(15)27(28,29)30)24(32)25(37)34-20-9-8-14(13-31)10-17(20)26(38)39/h3-4,6-12,32,35H,2,5H2,1H3,(H,33,36)(H,34,37)(H,38,39). The van der Waals surface area contributed by atoms with Gasteiger partial charge in [-0.1, -0.05) is 25.1 Å². The zero-order valence-electron chi connectivity index (χ0n) is 20.3. The average Bonchev–Trinajstić information content (AvgIpc) is 2.88. The lowest BCUT2D eigenvalue weighted by Gasteiger charge is -2.19. The summed E-state index contributed by atoms with van der Waals surface area (Å²) < 4.78 is 41.4. The van der Waals surface area contributed by atoms with Crippen molar-refractivity contribution >= 4 is 34.9 Å². The van der Waals surface area contributed by atoms with Gasteiger partial charge in [0.05, 0.1) is 34.1 Å². The molecule has 0 aliphatic heterocycles. The molecule has 39 heavy (non-hydrogen) atoms. The number of nitrogens with one attached hydrogen (secondary N) is 3. The molecular weight excluding hydrogens is 517 g/mol.